The Morgan fingerprint density at radius 1 is 1.06 bits per heavy atom. The number of rotatable bonds is 5. The van der Waals surface area contributed by atoms with E-state index in [1.165, 1.54) is 0 Å². The molecule has 3 heterocycles. The molecule has 0 radical (unpaired) electrons. The smallest absolute Gasteiger partial charge is 0.156 e. The summed E-state index contributed by atoms with van der Waals surface area (Å²) in [7, 11) is 2.16. The summed E-state index contributed by atoms with van der Waals surface area (Å²) in [4.78, 5) is 14.3. The number of hydrogen-bond donors (Lipinski definition) is 2. The number of allylic oxidation sites excluding steroid dienone is 5. The molecule has 1 fully saturated rings. The van der Waals surface area contributed by atoms with Crippen LogP contribution in [0.25, 0.3) is 6.08 Å². The molecule has 2 aromatic heterocycles. The lowest BCUT2D eigenvalue weighted by Crippen LogP contribution is -2.44. The Balaban J connectivity index is 1.59. The fourth-order valence-electron chi connectivity index (χ4n) is 3.64. The largest absolute Gasteiger partial charge is 0.354 e. The third-order valence-corrected chi connectivity index (χ3v) is 5.71. The van der Waals surface area contributed by atoms with Crippen LogP contribution >= 0.6 is 0 Å². The highest BCUT2D eigenvalue weighted by Crippen LogP contribution is 2.25. The van der Waals surface area contributed by atoms with E-state index in [0.717, 1.165) is 55.7 Å². The van der Waals surface area contributed by atoms with Crippen molar-refractivity contribution in [1.82, 2.24) is 25.1 Å². The van der Waals surface area contributed by atoms with Crippen LogP contribution in [0.2, 0.25) is 0 Å². The van der Waals surface area contributed by atoms with Gasteiger partial charge in [0.1, 0.15) is 11.6 Å². The maximum absolute atomic E-state index is 4.85. The van der Waals surface area contributed by atoms with Gasteiger partial charge in [0, 0.05) is 49.4 Å². The molecule has 0 saturated carbocycles. The van der Waals surface area contributed by atoms with Gasteiger partial charge in [-0.15, -0.1) is 0 Å². The fourth-order valence-corrected chi connectivity index (χ4v) is 3.64. The minimum absolute atomic E-state index is 0.0133. The molecular formula is C24H33N7. The SMILES string of the molecule is CN1CCN(c2cc(Nc3cc(C(C)(C)C)[nH]n3)nc(/C=C/C3C=CC=CC3)n2)CC1. The van der Waals surface area contributed by atoms with Crippen molar-refractivity contribution in [3.05, 3.63) is 54.0 Å². The lowest BCUT2D eigenvalue weighted by molar-refractivity contribution is 0.312. The van der Waals surface area contributed by atoms with Gasteiger partial charge in [-0.05, 0) is 25.5 Å². The zero-order chi connectivity index (χ0) is 21.8. The number of aromatic nitrogens is 4. The van der Waals surface area contributed by atoms with Gasteiger partial charge in [0.25, 0.3) is 0 Å². The summed E-state index contributed by atoms with van der Waals surface area (Å²) in [5.41, 5.74) is 1.10. The molecule has 1 saturated heterocycles. The Morgan fingerprint density at radius 3 is 2.55 bits per heavy atom. The van der Waals surface area contributed by atoms with E-state index < -0.39 is 0 Å². The highest BCUT2D eigenvalue weighted by molar-refractivity contribution is 5.60. The van der Waals surface area contributed by atoms with Crippen molar-refractivity contribution in [3.63, 3.8) is 0 Å². The fraction of sp³-hybridized carbons (Fsp3) is 0.458. The van der Waals surface area contributed by atoms with E-state index in [-0.39, 0.29) is 5.41 Å². The third kappa shape index (κ3) is 5.61. The summed E-state index contributed by atoms with van der Waals surface area (Å²) in [5, 5.41) is 10.9. The monoisotopic (exact) mass is 419 g/mol. The topological polar surface area (TPSA) is 73.0 Å². The summed E-state index contributed by atoms with van der Waals surface area (Å²) in [6.07, 6.45) is 13.8. The van der Waals surface area contributed by atoms with E-state index in [0.29, 0.717) is 11.7 Å². The summed E-state index contributed by atoms with van der Waals surface area (Å²) < 4.78 is 0. The van der Waals surface area contributed by atoms with Crippen LogP contribution in [0.4, 0.5) is 17.5 Å². The Hall–Kier alpha value is -2.93. The van der Waals surface area contributed by atoms with Crippen LogP contribution in [-0.2, 0) is 5.41 Å². The van der Waals surface area contributed by atoms with Gasteiger partial charge >= 0.3 is 0 Å². The van der Waals surface area contributed by atoms with Crippen molar-refractivity contribution in [1.29, 1.82) is 0 Å². The number of anilines is 3. The molecule has 31 heavy (non-hydrogen) atoms. The number of nitrogens with zero attached hydrogens (tertiary/aromatic N) is 5. The molecular weight excluding hydrogens is 386 g/mol. The van der Waals surface area contributed by atoms with Crippen molar-refractivity contribution in [2.75, 3.05) is 43.4 Å². The lowest BCUT2D eigenvalue weighted by atomic mass is 9.92. The summed E-state index contributed by atoms with van der Waals surface area (Å²) in [6, 6.07) is 4.07. The molecule has 164 valence electrons. The Bertz CT molecular complexity index is 972. The highest BCUT2D eigenvalue weighted by Gasteiger charge is 2.19. The first kappa shape index (κ1) is 21.3. The molecule has 0 amide bonds. The molecule has 2 N–H and O–H groups in total. The molecule has 7 heteroatoms. The zero-order valence-corrected chi connectivity index (χ0v) is 19.0. The van der Waals surface area contributed by atoms with Gasteiger partial charge in [0.2, 0.25) is 0 Å². The maximum atomic E-state index is 4.85. The number of aromatic amines is 1. The van der Waals surface area contributed by atoms with Crippen molar-refractivity contribution >= 4 is 23.5 Å². The molecule has 0 spiro atoms. The first-order chi connectivity index (χ1) is 14.9. The summed E-state index contributed by atoms with van der Waals surface area (Å²) in [6.45, 7) is 10.5. The summed E-state index contributed by atoms with van der Waals surface area (Å²) in [5.74, 6) is 3.58. The van der Waals surface area contributed by atoms with E-state index in [4.69, 9.17) is 9.97 Å². The van der Waals surface area contributed by atoms with Gasteiger partial charge in [-0.1, -0.05) is 51.2 Å². The molecule has 1 aliphatic heterocycles. The predicted molar refractivity (Wildman–Crippen MR) is 128 cm³/mol. The van der Waals surface area contributed by atoms with Gasteiger partial charge < -0.3 is 15.1 Å². The zero-order valence-electron chi connectivity index (χ0n) is 19.0. The minimum Gasteiger partial charge on any atom is -0.354 e. The molecule has 1 unspecified atom stereocenters. The van der Waals surface area contributed by atoms with Gasteiger partial charge in [-0.3, -0.25) is 5.10 Å². The highest BCUT2D eigenvalue weighted by atomic mass is 15.3. The van der Waals surface area contributed by atoms with E-state index >= 15 is 0 Å². The third-order valence-electron chi connectivity index (χ3n) is 5.71. The lowest BCUT2D eigenvalue weighted by Gasteiger charge is -2.33. The molecule has 1 atom stereocenters. The van der Waals surface area contributed by atoms with E-state index in [1.54, 1.807) is 0 Å². The number of hydrogen-bond acceptors (Lipinski definition) is 6. The first-order valence-corrected chi connectivity index (χ1v) is 11.0. The van der Waals surface area contributed by atoms with E-state index in [9.17, 15) is 0 Å². The maximum Gasteiger partial charge on any atom is 0.156 e. The molecule has 2 aromatic rings. The minimum atomic E-state index is 0.0133. The number of likely N-dealkylation sites (N-methyl/N-ethyl adjacent to an activating group) is 1. The van der Waals surface area contributed by atoms with Crippen molar-refractivity contribution in [2.24, 2.45) is 5.92 Å². The van der Waals surface area contributed by atoms with Crippen LogP contribution in [-0.4, -0.2) is 58.3 Å². The van der Waals surface area contributed by atoms with Crippen LogP contribution in [0.5, 0.6) is 0 Å². The second-order valence-electron chi connectivity index (χ2n) is 9.37. The number of nitrogens with one attached hydrogen (secondary N) is 2. The van der Waals surface area contributed by atoms with Gasteiger partial charge in [0.05, 0.1) is 0 Å². The molecule has 0 aromatic carbocycles. The number of H-pyrrole nitrogens is 1. The number of piperazine rings is 1. The quantitative estimate of drug-likeness (QED) is 0.759. The van der Waals surface area contributed by atoms with Gasteiger partial charge in [-0.2, -0.15) is 5.10 Å². The van der Waals surface area contributed by atoms with Crippen LogP contribution in [0.15, 0.2) is 42.5 Å². The normalized spacial score (nSPS) is 20.0. The van der Waals surface area contributed by atoms with Crippen molar-refractivity contribution in [3.8, 4) is 0 Å². The van der Waals surface area contributed by atoms with Crippen LogP contribution < -0.4 is 10.2 Å². The molecule has 0 bridgehead atoms. The second-order valence-corrected chi connectivity index (χ2v) is 9.37. The van der Waals surface area contributed by atoms with E-state index in [1.807, 2.05) is 18.2 Å². The van der Waals surface area contributed by atoms with Crippen molar-refractivity contribution in [2.45, 2.75) is 32.6 Å². The average Bonchev–Trinajstić information content (AvgIpc) is 3.22. The Labute approximate surface area is 185 Å². The summed E-state index contributed by atoms with van der Waals surface area (Å²) >= 11 is 0. The van der Waals surface area contributed by atoms with Crippen LogP contribution in [0, 0.1) is 5.92 Å². The van der Waals surface area contributed by atoms with Gasteiger partial charge in [-0.25, -0.2) is 9.97 Å². The first-order valence-electron chi connectivity index (χ1n) is 11.0. The molecule has 2 aliphatic rings. The second kappa shape index (κ2) is 9.06. The van der Waals surface area contributed by atoms with Crippen molar-refractivity contribution < 1.29 is 0 Å². The molecule has 4 rings (SSSR count). The Morgan fingerprint density at radius 2 is 1.87 bits per heavy atom. The molecule has 7 nitrogen and oxygen atoms in total. The Kier molecular flexibility index (Phi) is 6.23. The average molecular weight is 420 g/mol. The molecule has 1 aliphatic carbocycles. The standard InChI is InChI=1S/C24H33N7/c1-24(2,3)19-16-22(29-28-19)26-21-17-23(31-14-12-30(4)13-15-31)27-20(25-21)11-10-18-8-6-5-7-9-18/h5-8,10-11,16-18H,9,12-15H2,1-4H3,(H2,25,26,27,28,29)/b11-10+. The van der Waals surface area contributed by atoms with E-state index in [2.05, 4.69) is 83.5 Å². The van der Waals surface area contributed by atoms with Crippen LogP contribution in [0.3, 0.4) is 0 Å². The predicted octanol–water partition coefficient (Wildman–Crippen LogP) is 4.14. The van der Waals surface area contributed by atoms with Gasteiger partial charge in [0.15, 0.2) is 11.6 Å². The van der Waals surface area contributed by atoms with Crippen LogP contribution in [0.1, 0.15) is 38.7 Å².